The van der Waals surface area contributed by atoms with Crippen molar-refractivity contribution in [2.24, 2.45) is 17.8 Å². The standard InChI is InChI=1S/C19H25NO3S/c1-2-23-19(22)17-14-4-3-5-15(14)24-18(17)20-16(21)10-13-9-11-6-7-12(13)8-11/h11-13H,2-10H2,1H3,(H,20,21). The van der Waals surface area contributed by atoms with E-state index < -0.39 is 0 Å². The van der Waals surface area contributed by atoms with Crippen molar-refractivity contribution in [3.63, 3.8) is 0 Å². The van der Waals surface area contributed by atoms with Gasteiger partial charge in [0, 0.05) is 11.3 Å². The highest BCUT2D eigenvalue weighted by Gasteiger charge is 2.40. The molecule has 1 aromatic heterocycles. The van der Waals surface area contributed by atoms with E-state index in [1.165, 1.54) is 30.6 Å². The molecule has 1 heterocycles. The van der Waals surface area contributed by atoms with Crippen LogP contribution in [-0.2, 0) is 22.4 Å². The zero-order chi connectivity index (χ0) is 16.7. The summed E-state index contributed by atoms with van der Waals surface area (Å²) in [6, 6.07) is 0. The van der Waals surface area contributed by atoms with Gasteiger partial charge in [-0.3, -0.25) is 4.79 Å². The molecule has 1 N–H and O–H groups in total. The molecule has 3 atom stereocenters. The first-order valence-electron chi connectivity index (χ1n) is 9.27. The molecule has 1 amide bonds. The molecule has 2 bridgehead atoms. The zero-order valence-corrected chi connectivity index (χ0v) is 15.0. The highest BCUT2D eigenvalue weighted by molar-refractivity contribution is 7.17. The lowest BCUT2D eigenvalue weighted by Crippen LogP contribution is -2.21. The second kappa shape index (κ2) is 6.51. The summed E-state index contributed by atoms with van der Waals surface area (Å²) in [5, 5.41) is 3.76. The summed E-state index contributed by atoms with van der Waals surface area (Å²) >= 11 is 1.57. The summed E-state index contributed by atoms with van der Waals surface area (Å²) in [5.74, 6) is 1.93. The number of hydrogen-bond donors (Lipinski definition) is 1. The molecule has 3 unspecified atom stereocenters. The van der Waals surface area contributed by atoms with Gasteiger partial charge in [-0.25, -0.2) is 4.79 Å². The van der Waals surface area contributed by atoms with Crippen molar-refractivity contribution in [1.29, 1.82) is 0 Å². The van der Waals surface area contributed by atoms with E-state index in [1.54, 1.807) is 11.3 Å². The maximum absolute atomic E-state index is 12.5. The van der Waals surface area contributed by atoms with Gasteiger partial charge in [-0.1, -0.05) is 6.42 Å². The van der Waals surface area contributed by atoms with Crippen molar-refractivity contribution in [2.75, 3.05) is 11.9 Å². The highest BCUT2D eigenvalue weighted by atomic mass is 32.1. The van der Waals surface area contributed by atoms with E-state index >= 15 is 0 Å². The van der Waals surface area contributed by atoms with Gasteiger partial charge >= 0.3 is 5.97 Å². The maximum atomic E-state index is 12.5. The molecule has 2 fully saturated rings. The van der Waals surface area contributed by atoms with Crippen LogP contribution in [0.5, 0.6) is 0 Å². The molecule has 3 aliphatic carbocycles. The minimum atomic E-state index is -0.285. The maximum Gasteiger partial charge on any atom is 0.341 e. The SMILES string of the molecule is CCOC(=O)c1c(NC(=O)CC2CC3CCC2C3)sc2c1CCC2. The van der Waals surface area contributed by atoms with Crippen LogP contribution in [0.25, 0.3) is 0 Å². The van der Waals surface area contributed by atoms with E-state index in [-0.39, 0.29) is 11.9 Å². The Labute approximate surface area is 147 Å². The Bertz CT molecular complexity index is 666. The molecule has 130 valence electrons. The first kappa shape index (κ1) is 16.1. The summed E-state index contributed by atoms with van der Waals surface area (Å²) in [6.45, 7) is 2.18. The molecule has 4 rings (SSSR count). The van der Waals surface area contributed by atoms with Crippen molar-refractivity contribution in [3.8, 4) is 0 Å². The predicted molar refractivity (Wildman–Crippen MR) is 94.5 cm³/mol. The summed E-state index contributed by atoms with van der Waals surface area (Å²) in [6.07, 6.45) is 8.80. The van der Waals surface area contributed by atoms with E-state index in [0.717, 1.165) is 36.7 Å². The minimum Gasteiger partial charge on any atom is -0.462 e. The number of fused-ring (bicyclic) bond motifs is 3. The number of anilines is 1. The quantitative estimate of drug-likeness (QED) is 0.813. The molecule has 24 heavy (non-hydrogen) atoms. The first-order valence-corrected chi connectivity index (χ1v) is 10.1. The summed E-state index contributed by atoms with van der Waals surface area (Å²) < 4.78 is 5.22. The average Bonchev–Trinajstić information content (AvgIpc) is 3.26. The van der Waals surface area contributed by atoms with E-state index in [0.29, 0.717) is 29.5 Å². The van der Waals surface area contributed by atoms with Gasteiger partial charge in [0.1, 0.15) is 5.00 Å². The number of rotatable bonds is 5. The van der Waals surface area contributed by atoms with Gasteiger partial charge in [0.15, 0.2) is 0 Å². The van der Waals surface area contributed by atoms with Gasteiger partial charge < -0.3 is 10.1 Å². The van der Waals surface area contributed by atoms with E-state index in [4.69, 9.17) is 4.74 Å². The molecule has 0 radical (unpaired) electrons. The Kier molecular flexibility index (Phi) is 4.37. The fraction of sp³-hybridized carbons (Fsp3) is 0.684. The van der Waals surface area contributed by atoms with Crippen molar-refractivity contribution in [2.45, 2.75) is 58.3 Å². The lowest BCUT2D eigenvalue weighted by atomic mass is 9.86. The van der Waals surface area contributed by atoms with Crippen LogP contribution in [0.1, 0.15) is 66.2 Å². The normalized spacial score (nSPS) is 27.3. The molecule has 1 aromatic rings. The summed E-state index contributed by atoms with van der Waals surface area (Å²) in [5.41, 5.74) is 1.73. The van der Waals surface area contributed by atoms with Crippen LogP contribution < -0.4 is 5.32 Å². The van der Waals surface area contributed by atoms with Gasteiger partial charge in [0.05, 0.1) is 12.2 Å². The van der Waals surface area contributed by atoms with Crippen molar-refractivity contribution in [1.82, 2.24) is 0 Å². The molecule has 0 aliphatic heterocycles. The molecule has 3 aliphatic rings. The smallest absolute Gasteiger partial charge is 0.341 e. The topological polar surface area (TPSA) is 55.4 Å². The summed E-state index contributed by atoms with van der Waals surface area (Å²) in [7, 11) is 0. The molecule has 0 saturated heterocycles. The highest BCUT2D eigenvalue weighted by Crippen LogP contribution is 2.49. The Morgan fingerprint density at radius 2 is 2.12 bits per heavy atom. The number of amides is 1. The van der Waals surface area contributed by atoms with Crippen molar-refractivity contribution < 1.29 is 14.3 Å². The van der Waals surface area contributed by atoms with Crippen LogP contribution in [-0.4, -0.2) is 18.5 Å². The third kappa shape index (κ3) is 2.87. The van der Waals surface area contributed by atoms with Gasteiger partial charge in [-0.15, -0.1) is 11.3 Å². The Morgan fingerprint density at radius 3 is 2.83 bits per heavy atom. The van der Waals surface area contributed by atoms with Crippen LogP contribution in [0.4, 0.5) is 5.00 Å². The Morgan fingerprint density at radius 1 is 1.25 bits per heavy atom. The van der Waals surface area contributed by atoms with Gasteiger partial charge in [0.25, 0.3) is 0 Å². The van der Waals surface area contributed by atoms with Crippen LogP contribution in [0.2, 0.25) is 0 Å². The third-order valence-corrected chi connectivity index (χ3v) is 7.19. The molecular formula is C19H25NO3S. The van der Waals surface area contributed by atoms with E-state index in [9.17, 15) is 9.59 Å². The second-order valence-corrected chi connectivity index (χ2v) is 8.57. The Balaban J connectivity index is 1.47. The minimum absolute atomic E-state index is 0.0676. The monoisotopic (exact) mass is 347 g/mol. The van der Waals surface area contributed by atoms with Crippen LogP contribution in [0, 0.1) is 17.8 Å². The molecular weight excluding hydrogens is 322 g/mol. The number of carbonyl (C=O) groups is 2. The molecule has 5 heteroatoms. The predicted octanol–water partition coefficient (Wildman–Crippen LogP) is 4.18. The third-order valence-electron chi connectivity index (χ3n) is 5.99. The number of hydrogen-bond acceptors (Lipinski definition) is 4. The second-order valence-electron chi connectivity index (χ2n) is 7.47. The van der Waals surface area contributed by atoms with Crippen molar-refractivity contribution in [3.05, 3.63) is 16.0 Å². The zero-order valence-electron chi connectivity index (χ0n) is 14.2. The number of carbonyl (C=O) groups excluding carboxylic acids is 2. The number of thiophene rings is 1. The number of aryl methyl sites for hydroxylation is 1. The number of nitrogens with one attached hydrogen (secondary N) is 1. The molecule has 4 nitrogen and oxygen atoms in total. The molecule has 2 saturated carbocycles. The Hall–Kier alpha value is -1.36. The van der Waals surface area contributed by atoms with Gasteiger partial charge in [-0.2, -0.15) is 0 Å². The van der Waals surface area contributed by atoms with E-state index in [2.05, 4.69) is 5.32 Å². The first-order chi connectivity index (χ1) is 11.7. The largest absolute Gasteiger partial charge is 0.462 e. The fourth-order valence-corrected chi connectivity index (χ4v) is 6.25. The number of esters is 1. The van der Waals surface area contributed by atoms with Crippen LogP contribution in [0.15, 0.2) is 0 Å². The van der Waals surface area contributed by atoms with E-state index in [1.807, 2.05) is 6.92 Å². The molecule has 0 spiro atoms. The summed E-state index contributed by atoms with van der Waals surface area (Å²) in [4.78, 5) is 26.1. The van der Waals surface area contributed by atoms with Gasteiger partial charge in [0.2, 0.25) is 5.91 Å². The van der Waals surface area contributed by atoms with Gasteiger partial charge in [-0.05, 0) is 68.8 Å². The van der Waals surface area contributed by atoms with Crippen LogP contribution >= 0.6 is 11.3 Å². The number of ether oxygens (including phenoxy) is 1. The lowest BCUT2D eigenvalue weighted by Gasteiger charge is -2.20. The average molecular weight is 347 g/mol. The fourth-order valence-electron chi connectivity index (χ4n) is 4.95. The van der Waals surface area contributed by atoms with Crippen LogP contribution in [0.3, 0.4) is 0 Å². The lowest BCUT2D eigenvalue weighted by molar-refractivity contribution is -0.117. The molecule has 0 aromatic carbocycles. The van der Waals surface area contributed by atoms with Crippen molar-refractivity contribution >= 4 is 28.2 Å².